The summed E-state index contributed by atoms with van der Waals surface area (Å²) in [5, 5.41) is 5.60. The maximum absolute atomic E-state index is 13.9. The molecule has 3 rings (SSSR count). The first-order valence-corrected chi connectivity index (χ1v) is 13.7. The van der Waals surface area contributed by atoms with Crippen molar-refractivity contribution in [2.75, 3.05) is 30.4 Å². The first-order valence-electron chi connectivity index (χ1n) is 12.3. The molecule has 0 fully saturated rings. The predicted octanol–water partition coefficient (Wildman–Crippen LogP) is 4.68. The Morgan fingerprint density at radius 2 is 1.49 bits per heavy atom. The summed E-state index contributed by atoms with van der Waals surface area (Å²) in [5.41, 5.74) is 2.05. The molecule has 9 nitrogen and oxygen atoms in total. The summed E-state index contributed by atoms with van der Waals surface area (Å²) in [5.74, 6) is -0.365. The Morgan fingerprint density at radius 1 is 0.872 bits per heavy atom. The summed E-state index contributed by atoms with van der Waals surface area (Å²) in [6.07, 6.45) is 0. The Morgan fingerprint density at radius 3 is 2.08 bits per heavy atom. The third-order valence-corrected chi connectivity index (χ3v) is 7.43. The number of rotatable bonds is 9. The third kappa shape index (κ3) is 7.29. The zero-order valence-electron chi connectivity index (χ0n) is 23.3. The van der Waals surface area contributed by atoms with Crippen LogP contribution in [0.15, 0.2) is 65.6 Å². The van der Waals surface area contributed by atoms with Crippen molar-refractivity contribution in [3.8, 4) is 11.5 Å². The Balaban J connectivity index is 2.01. The van der Waals surface area contributed by atoms with Gasteiger partial charge in [-0.2, -0.15) is 0 Å². The number of carbonyl (C=O) groups excluding carboxylic acids is 2. The van der Waals surface area contributed by atoms with Gasteiger partial charge < -0.3 is 20.1 Å². The molecule has 0 saturated heterocycles. The molecule has 0 aliphatic heterocycles. The van der Waals surface area contributed by atoms with Gasteiger partial charge in [-0.3, -0.25) is 13.9 Å². The fraction of sp³-hybridized carbons (Fsp3) is 0.310. The Hall–Kier alpha value is -4.05. The molecule has 0 unspecified atom stereocenters. The largest absolute Gasteiger partial charge is 0.493 e. The van der Waals surface area contributed by atoms with Gasteiger partial charge in [0.2, 0.25) is 5.91 Å². The summed E-state index contributed by atoms with van der Waals surface area (Å²) < 4.78 is 39.4. The van der Waals surface area contributed by atoms with Crippen LogP contribution in [0.25, 0.3) is 0 Å². The van der Waals surface area contributed by atoms with Crippen LogP contribution >= 0.6 is 0 Å². The van der Waals surface area contributed by atoms with Crippen LogP contribution in [0.4, 0.5) is 11.4 Å². The van der Waals surface area contributed by atoms with Crippen molar-refractivity contribution >= 4 is 33.2 Å². The van der Waals surface area contributed by atoms with Gasteiger partial charge in [-0.05, 0) is 82.1 Å². The molecule has 39 heavy (non-hydrogen) atoms. The lowest BCUT2D eigenvalue weighted by molar-refractivity contribution is -0.114. The normalized spacial score (nSPS) is 11.5. The molecule has 0 aliphatic rings. The number of benzene rings is 3. The van der Waals surface area contributed by atoms with Gasteiger partial charge in [-0.1, -0.05) is 18.2 Å². The van der Waals surface area contributed by atoms with E-state index >= 15 is 0 Å². The average Bonchev–Trinajstić information content (AvgIpc) is 2.85. The number of para-hydroxylation sites is 1. The number of aryl methyl sites for hydroxylation is 2. The highest BCUT2D eigenvalue weighted by Gasteiger charge is 2.29. The van der Waals surface area contributed by atoms with E-state index in [1.165, 1.54) is 32.4 Å². The molecule has 0 spiro atoms. The zero-order chi connectivity index (χ0) is 29.0. The van der Waals surface area contributed by atoms with Crippen LogP contribution in [-0.4, -0.2) is 46.5 Å². The molecular weight excluding hydrogens is 518 g/mol. The van der Waals surface area contributed by atoms with Crippen LogP contribution in [0.1, 0.15) is 42.3 Å². The number of ether oxygens (including phenoxy) is 2. The van der Waals surface area contributed by atoms with Gasteiger partial charge in [-0.15, -0.1) is 0 Å². The molecule has 0 bridgehead atoms. The van der Waals surface area contributed by atoms with Crippen LogP contribution in [0, 0.1) is 13.8 Å². The predicted molar refractivity (Wildman–Crippen MR) is 152 cm³/mol. The van der Waals surface area contributed by atoms with Crippen molar-refractivity contribution in [2.45, 2.75) is 45.1 Å². The van der Waals surface area contributed by atoms with E-state index in [2.05, 4.69) is 10.6 Å². The molecule has 3 aromatic rings. The molecule has 3 aromatic carbocycles. The molecule has 208 valence electrons. The molecule has 0 aliphatic carbocycles. The van der Waals surface area contributed by atoms with E-state index in [0.717, 1.165) is 15.4 Å². The molecule has 10 heteroatoms. The van der Waals surface area contributed by atoms with E-state index in [9.17, 15) is 18.0 Å². The van der Waals surface area contributed by atoms with E-state index in [4.69, 9.17) is 9.47 Å². The number of nitrogens with one attached hydrogen (secondary N) is 2. The van der Waals surface area contributed by atoms with Crippen molar-refractivity contribution in [1.29, 1.82) is 0 Å². The minimum Gasteiger partial charge on any atom is -0.493 e. The minimum absolute atomic E-state index is 0.0722. The summed E-state index contributed by atoms with van der Waals surface area (Å²) in [6.45, 7) is 8.73. The maximum atomic E-state index is 13.9. The molecular formula is C29H35N3O6S. The van der Waals surface area contributed by atoms with Crippen molar-refractivity contribution < 1.29 is 27.5 Å². The summed E-state index contributed by atoms with van der Waals surface area (Å²) in [6, 6.07) is 16.1. The van der Waals surface area contributed by atoms with E-state index in [1.807, 2.05) is 40.7 Å². The van der Waals surface area contributed by atoms with Gasteiger partial charge in [0.1, 0.15) is 6.54 Å². The van der Waals surface area contributed by atoms with Crippen LogP contribution in [0.3, 0.4) is 0 Å². The van der Waals surface area contributed by atoms with E-state index < -0.39 is 28.0 Å². The number of sulfonamides is 1. The van der Waals surface area contributed by atoms with Gasteiger partial charge in [-0.25, -0.2) is 8.42 Å². The van der Waals surface area contributed by atoms with Crippen LogP contribution in [0.2, 0.25) is 0 Å². The first-order chi connectivity index (χ1) is 18.2. The topological polar surface area (TPSA) is 114 Å². The molecule has 0 atom stereocenters. The van der Waals surface area contributed by atoms with E-state index in [-0.39, 0.29) is 27.8 Å². The third-order valence-electron chi connectivity index (χ3n) is 5.66. The minimum atomic E-state index is -4.23. The molecule has 0 heterocycles. The number of methoxy groups -OCH3 is 2. The molecule has 0 aromatic heterocycles. The van der Waals surface area contributed by atoms with Crippen LogP contribution in [-0.2, 0) is 14.8 Å². The average molecular weight is 554 g/mol. The molecule has 0 radical (unpaired) electrons. The summed E-state index contributed by atoms with van der Waals surface area (Å²) in [4.78, 5) is 26.1. The lowest BCUT2D eigenvalue weighted by Gasteiger charge is -2.26. The second kappa shape index (κ2) is 11.8. The standard InChI is InChI=1S/C29H35N3O6S/c1-19-14-20(2)16-21(15-19)32(39(35,36)22-12-13-25(37-6)26(17-22)38-7)18-27(33)30-24-11-9-8-10-23(24)28(34)31-29(3,4)5/h8-17H,18H2,1-7H3,(H,30,33)(H,31,34). The van der Waals surface area contributed by atoms with Gasteiger partial charge in [0.15, 0.2) is 11.5 Å². The second-order valence-corrected chi connectivity index (χ2v) is 12.0. The molecule has 2 amide bonds. The van der Waals surface area contributed by atoms with Gasteiger partial charge in [0, 0.05) is 11.6 Å². The number of amides is 2. The van der Waals surface area contributed by atoms with E-state index in [1.54, 1.807) is 36.4 Å². The van der Waals surface area contributed by atoms with Crippen molar-refractivity contribution in [3.05, 3.63) is 77.4 Å². The molecule has 0 saturated carbocycles. The van der Waals surface area contributed by atoms with E-state index in [0.29, 0.717) is 11.4 Å². The van der Waals surface area contributed by atoms with Crippen molar-refractivity contribution in [1.82, 2.24) is 5.32 Å². The number of carbonyl (C=O) groups is 2. The summed E-state index contributed by atoms with van der Waals surface area (Å²) >= 11 is 0. The van der Waals surface area contributed by atoms with Gasteiger partial charge in [0.05, 0.1) is 36.1 Å². The highest BCUT2D eigenvalue weighted by atomic mass is 32.2. The second-order valence-electron chi connectivity index (χ2n) is 10.2. The number of hydrogen-bond acceptors (Lipinski definition) is 6. The Kier molecular flexibility index (Phi) is 8.91. The summed E-state index contributed by atoms with van der Waals surface area (Å²) in [7, 11) is -1.36. The smallest absolute Gasteiger partial charge is 0.264 e. The lowest BCUT2D eigenvalue weighted by Crippen LogP contribution is -2.41. The van der Waals surface area contributed by atoms with Crippen molar-refractivity contribution in [2.24, 2.45) is 0 Å². The SMILES string of the molecule is COc1ccc(S(=O)(=O)N(CC(=O)Nc2ccccc2C(=O)NC(C)(C)C)c2cc(C)cc(C)c2)cc1OC. The van der Waals surface area contributed by atoms with Gasteiger partial charge >= 0.3 is 0 Å². The highest BCUT2D eigenvalue weighted by Crippen LogP contribution is 2.33. The number of nitrogens with zero attached hydrogens (tertiary/aromatic N) is 1. The Labute approximate surface area is 230 Å². The van der Waals surface area contributed by atoms with Gasteiger partial charge in [0.25, 0.3) is 15.9 Å². The zero-order valence-corrected chi connectivity index (χ0v) is 24.1. The highest BCUT2D eigenvalue weighted by molar-refractivity contribution is 7.92. The lowest BCUT2D eigenvalue weighted by atomic mass is 10.1. The maximum Gasteiger partial charge on any atom is 0.264 e. The number of anilines is 2. The monoisotopic (exact) mass is 553 g/mol. The quantitative estimate of drug-likeness (QED) is 0.398. The fourth-order valence-electron chi connectivity index (χ4n) is 4.03. The first kappa shape index (κ1) is 29.5. The Bertz CT molecular complexity index is 1460. The number of hydrogen-bond donors (Lipinski definition) is 2. The van der Waals surface area contributed by atoms with Crippen molar-refractivity contribution in [3.63, 3.8) is 0 Å². The fourth-order valence-corrected chi connectivity index (χ4v) is 5.45. The van der Waals surface area contributed by atoms with Crippen LogP contribution < -0.4 is 24.4 Å². The molecule has 2 N–H and O–H groups in total. The van der Waals surface area contributed by atoms with Crippen LogP contribution in [0.5, 0.6) is 11.5 Å².